The standard InChI is InChI=1S/C30H17BN2S2/c1-3-14-24-22(12-1)32-29-20(10-6-16-26(29)34-24)18-8-5-9-19-21-11-7-17-27-30(21)33(31(32)28(18)19)23-13-2-4-15-25(23)35-27/h1-17H. The molecule has 2 nitrogen and oxygen atoms in total. The molecule has 0 amide bonds. The number of fused-ring (bicyclic) bond motifs is 8. The Kier molecular flexibility index (Phi) is 3.52. The molecule has 9 rings (SSSR count). The Morgan fingerprint density at radius 1 is 0.429 bits per heavy atom. The van der Waals surface area contributed by atoms with E-state index in [1.54, 1.807) is 0 Å². The zero-order chi connectivity index (χ0) is 22.7. The van der Waals surface area contributed by atoms with Crippen molar-refractivity contribution in [2.75, 3.05) is 9.62 Å². The van der Waals surface area contributed by atoms with Crippen molar-refractivity contribution in [3.05, 3.63) is 103 Å². The molecule has 0 aliphatic carbocycles. The Balaban J connectivity index is 1.47. The maximum Gasteiger partial charge on any atom is 0.422 e. The molecular formula is C30H17BN2S2. The molecular weight excluding hydrogens is 463 g/mol. The van der Waals surface area contributed by atoms with Crippen LogP contribution in [0.3, 0.4) is 0 Å². The van der Waals surface area contributed by atoms with Gasteiger partial charge >= 0.3 is 6.98 Å². The lowest BCUT2D eigenvalue weighted by atomic mass is 9.53. The van der Waals surface area contributed by atoms with Gasteiger partial charge in [0.15, 0.2) is 0 Å². The summed E-state index contributed by atoms with van der Waals surface area (Å²) in [6, 6.07) is 38.3. The molecule has 0 unspecified atom stereocenters. The average molecular weight is 480 g/mol. The second kappa shape index (κ2) is 6.57. The van der Waals surface area contributed by atoms with E-state index in [1.165, 1.54) is 70.0 Å². The summed E-state index contributed by atoms with van der Waals surface area (Å²) in [5.41, 5.74) is 12.0. The van der Waals surface area contributed by atoms with Crippen molar-refractivity contribution in [2.24, 2.45) is 0 Å². The molecule has 4 aliphatic rings. The number of nitrogens with zero attached hydrogens (tertiary/aromatic N) is 2. The van der Waals surface area contributed by atoms with Gasteiger partial charge in [-0.3, -0.25) is 0 Å². The summed E-state index contributed by atoms with van der Waals surface area (Å²) in [6.07, 6.45) is 0. The molecule has 0 spiro atoms. The molecule has 0 saturated carbocycles. The predicted molar refractivity (Wildman–Crippen MR) is 148 cm³/mol. The van der Waals surface area contributed by atoms with Gasteiger partial charge in [0.1, 0.15) is 0 Å². The monoisotopic (exact) mass is 480 g/mol. The van der Waals surface area contributed by atoms with Crippen LogP contribution in [0.25, 0.3) is 22.3 Å². The molecule has 5 aromatic rings. The highest BCUT2D eigenvalue weighted by Gasteiger charge is 2.50. The fraction of sp³-hybridized carbons (Fsp3) is 0. The molecule has 0 saturated heterocycles. The van der Waals surface area contributed by atoms with Crippen LogP contribution in [-0.4, -0.2) is 6.98 Å². The summed E-state index contributed by atoms with van der Waals surface area (Å²) in [7, 11) is 0. The van der Waals surface area contributed by atoms with Crippen molar-refractivity contribution in [3.63, 3.8) is 0 Å². The van der Waals surface area contributed by atoms with Crippen LogP contribution in [-0.2, 0) is 0 Å². The predicted octanol–water partition coefficient (Wildman–Crippen LogP) is 7.95. The summed E-state index contributed by atoms with van der Waals surface area (Å²) in [6.45, 7) is 0.0487. The minimum absolute atomic E-state index is 0.0487. The van der Waals surface area contributed by atoms with Gasteiger partial charge in [-0.15, -0.1) is 0 Å². The maximum absolute atomic E-state index is 2.62. The van der Waals surface area contributed by atoms with Crippen LogP contribution in [0.15, 0.2) is 123 Å². The molecule has 0 fully saturated rings. The van der Waals surface area contributed by atoms with Crippen LogP contribution in [0.1, 0.15) is 0 Å². The van der Waals surface area contributed by atoms with Crippen LogP contribution < -0.4 is 15.1 Å². The van der Waals surface area contributed by atoms with E-state index >= 15 is 0 Å². The molecule has 4 heterocycles. The summed E-state index contributed by atoms with van der Waals surface area (Å²) >= 11 is 3.78. The first-order chi connectivity index (χ1) is 17.4. The average Bonchev–Trinajstić information content (AvgIpc) is 2.91. The molecule has 0 aromatic heterocycles. The second-order valence-corrected chi connectivity index (χ2v) is 11.5. The van der Waals surface area contributed by atoms with Crippen LogP contribution in [0.4, 0.5) is 22.7 Å². The number of hydrogen-bond acceptors (Lipinski definition) is 4. The third-order valence-corrected chi connectivity index (χ3v) is 9.83. The maximum atomic E-state index is 2.62. The number of para-hydroxylation sites is 4. The van der Waals surface area contributed by atoms with Crippen molar-refractivity contribution in [3.8, 4) is 22.3 Å². The van der Waals surface area contributed by atoms with Gasteiger partial charge in [-0.25, -0.2) is 0 Å². The highest BCUT2D eigenvalue weighted by molar-refractivity contribution is 8.00. The molecule has 162 valence electrons. The minimum Gasteiger partial charge on any atom is -0.359 e. The van der Waals surface area contributed by atoms with Gasteiger partial charge in [0.25, 0.3) is 0 Å². The van der Waals surface area contributed by atoms with Gasteiger partial charge in [-0.05, 0) is 53.0 Å². The Hall–Kier alpha value is -3.54. The summed E-state index contributed by atoms with van der Waals surface area (Å²) < 4.78 is 0. The Bertz CT molecular complexity index is 1620. The van der Waals surface area contributed by atoms with E-state index in [0.29, 0.717) is 0 Å². The molecule has 35 heavy (non-hydrogen) atoms. The van der Waals surface area contributed by atoms with E-state index in [2.05, 4.69) is 113 Å². The van der Waals surface area contributed by atoms with E-state index in [4.69, 9.17) is 0 Å². The van der Waals surface area contributed by atoms with Crippen molar-refractivity contribution in [1.82, 2.24) is 0 Å². The fourth-order valence-corrected chi connectivity index (χ4v) is 8.51. The molecule has 4 aliphatic heterocycles. The molecule has 5 heteroatoms. The first-order valence-corrected chi connectivity index (χ1v) is 13.5. The number of rotatable bonds is 0. The van der Waals surface area contributed by atoms with Crippen molar-refractivity contribution >= 4 is 58.7 Å². The molecule has 5 aromatic carbocycles. The van der Waals surface area contributed by atoms with Crippen LogP contribution in [0.5, 0.6) is 0 Å². The third kappa shape index (κ3) is 2.26. The van der Waals surface area contributed by atoms with Crippen molar-refractivity contribution < 1.29 is 0 Å². The molecule has 0 bridgehead atoms. The van der Waals surface area contributed by atoms with Gasteiger partial charge < -0.3 is 9.62 Å². The lowest BCUT2D eigenvalue weighted by molar-refractivity contribution is 1.15. The topological polar surface area (TPSA) is 6.48 Å². The van der Waals surface area contributed by atoms with E-state index in [1.807, 2.05) is 23.5 Å². The van der Waals surface area contributed by atoms with Gasteiger partial charge in [-0.2, -0.15) is 0 Å². The van der Waals surface area contributed by atoms with Gasteiger partial charge in [0.05, 0.1) is 11.4 Å². The molecule has 0 N–H and O–H groups in total. The van der Waals surface area contributed by atoms with Crippen LogP contribution in [0.2, 0.25) is 0 Å². The zero-order valence-electron chi connectivity index (χ0n) is 18.6. The van der Waals surface area contributed by atoms with Crippen molar-refractivity contribution in [1.29, 1.82) is 0 Å². The Morgan fingerprint density at radius 2 is 0.857 bits per heavy atom. The number of anilines is 4. The van der Waals surface area contributed by atoms with Gasteiger partial charge in [0.2, 0.25) is 0 Å². The summed E-state index contributed by atoms with van der Waals surface area (Å²) in [4.78, 5) is 10.5. The van der Waals surface area contributed by atoms with Gasteiger partial charge in [-0.1, -0.05) is 90.3 Å². The van der Waals surface area contributed by atoms with E-state index in [-0.39, 0.29) is 6.98 Å². The Labute approximate surface area is 212 Å². The fourth-order valence-electron chi connectivity index (χ4n) is 6.30. The van der Waals surface area contributed by atoms with Gasteiger partial charge in [0, 0.05) is 42.1 Å². The van der Waals surface area contributed by atoms with Crippen LogP contribution >= 0.6 is 23.5 Å². The Morgan fingerprint density at radius 3 is 1.40 bits per heavy atom. The zero-order valence-corrected chi connectivity index (χ0v) is 20.2. The third-order valence-electron chi connectivity index (χ3n) is 7.60. The summed E-state index contributed by atoms with van der Waals surface area (Å²) in [5, 5.41) is 0. The summed E-state index contributed by atoms with van der Waals surface area (Å²) in [5.74, 6) is 0. The minimum atomic E-state index is 0.0487. The van der Waals surface area contributed by atoms with E-state index in [9.17, 15) is 0 Å². The lowest BCUT2D eigenvalue weighted by Crippen LogP contribution is -2.62. The first kappa shape index (κ1) is 18.8. The number of hydrogen-bond donors (Lipinski definition) is 0. The molecule has 0 radical (unpaired) electrons. The van der Waals surface area contributed by atoms with Crippen molar-refractivity contribution in [2.45, 2.75) is 19.6 Å². The highest BCUT2D eigenvalue weighted by Crippen LogP contribution is 2.59. The lowest BCUT2D eigenvalue weighted by Gasteiger charge is -2.51. The second-order valence-electron chi connectivity index (χ2n) is 9.32. The van der Waals surface area contributed by atoms with E-state index in [0.717, 1.165) is 0 Å². The van der Waals surface area contributed by atoms with E-state index < -0.39 is 0 Å². The van der Waals surface area contributed by atoms with Crippen LogP contribution in [0, 0.1) is 0 Å². The molecule has 0 atom stereocenters. The smallest absolute Gasteiger partial charge is 0.359 e. The number of benzene rings is 5. The SMILES string of the molecule is c1ccc2c(c1)Sc1cccc3c1N2B1c2c-3cccc2-c2cccc3c2N1c1ccccc1S3. The first-order valence-electron chi connectivity index (χ1n) is 11.9. The normalized spacial score (nSPS) is 15.0. The quantitative estimate of drug-likeness (QED) is 0.208. The highest BCUT2D eigenvalue weighted by atomic mass is 32.2. The largest absolute Gasteiger partial charge is 0.422 e.